The lowest BCUT2D eigenvalue weighted by Gasteiger charge is -2.30. The molecule has 2 aromatic carbocycles. The SMILES string of the molecule is O=c1cc(-c2ccc(F)cc2)c2ccc(CCc3ncc(C(O)(C(F)(F)F)C(F)(F)F)s3)cc2o1. The third-order valence-electron chi connectivity index (χ3n) is 5.32. The minimum absolute atomic E-state index is 0.0240. The first-order valence-electron chi connectivity index (χ1n) is 9.93. The van der Waals surface area contributed by atoms with Crippen LogP contribution in [-0.4, -0.2) is 22.4 Å². The van der Waals surface area contributed by atoms with Crippen LogP contribution >= 0.6 is 11.3 Å². The summed E-state index contributed by atoms with van der Waals surface area (Å²) in [7, 11) is 0. The highest BCUT2D eigenvalue weighted by molar-refractivity contribution is 7.11. The number of aromatic nitrogens is 1. The summed E-state index contributed by atoms with van der Waals surface area (Å²) >= 11 is 0.115. The molecule has 2 aromatic heterocycles. The van der Waals surface area contributed by atoms with Gasteiger partial charge in [-0.25, -0.2) is 14.2 Å². The van der Waals surface area contributed by atoms with Crippen molar-refractivity contribution in [3.63, 3.8) is 0 Å². The molecule has 0 bridgehead atoms. The predicted octanol–water partition coefficient (Wildman–Crippen LogP) is 6.15. The summed E-state index contributed by atoms with van der Waals surface area (Å²) in [5.74, 6) is -0.447. The number of halogens is 7. The normalized spacial score (nSPS) is 12.9. The van der Waals surface area contributed by atoms with Crippen molar-refractivity contribution in [2.45, 2.75) is 30.8 Å². The van der Waals surface area contributed by atoms with E-state index < -0.39 is 34.3 Å². The molecular formula is C23H14F7NO3S. The second-order valence-corrected chi connectivity index (χ2v) is 8.76. The van der Waals surface area contributed by atoms with Crippen LogP contribution in [0.15, 0.2) is 63.9 Å². The van der Waals surface area contributed by atoms with E-state index >= 15 is 0 Å². The van der Waals surface area contributed by atoms with E-state index in [1.807, 2.05) is 0 Å². The fourth-order valence-electron chi connectivity index (χ4n) is 3.52. The number of aliphatic hydroxyl groups is 1. The molecule has 4 rings (SSSR count). The lowest BCUT2D eigenvalue weighted by atomic mass is 10.00. The van der Waals surface area contributed by atoms with E-state index in [2.05, 4.69) is 4.98 Å². The van der Waals surface area contributed by atoms with Crippen LogP contribution in [0.3, 0.4) is 0 Å². The summed E-state index contributed by atoms with van der Waals surface area (Å²) in [6, 6.07) is 11.6. The number of hydrogen-bond acceptors (Lipinski definition) is 5. The van der Waals surface area contributed by atoms with Crippen LogP contribution in [0.1, 0.15) is 15.4 Å². The van der Waals surface area contributed by atoms with E-state index in [1.54, 1.807) is 12.1 Å². The Labute approximate surface area is 196 Å². The Morgan fingerprint density at radius 1 is 0.914 bits per heavy atom. The molecule has 35 heavy (non-hydrogen) atoms. The first-order chi connectivity index (χ1) is 16.3. The molecule has 2 heterocycles. The number of aryl methyl sites for hydroxylation is 2. The number of nitrogens with zero attached hydrogens (tertiary/aromatic N) is 1. The molecule has 0 aliphatic rings. The average molecular weight is 517 g/mol. The summed E-state index contributed by atoms with van der Waals surface area (Å²) in [5, 5.41) is 10.00. The van der Waals surface area contributed by atoms with Gasteiger partial charge >= 0.3 is 18.0 Å². The summed E-state index contributed by atoms with van der Waals surface area (Å²) in [5.41, 5.74) is -3.80. The van der Waals surface area contributed by atoms with Gasteiger partial charge in [0.2, 0.25) is 0 Å². The maximum absolute atomic E-state index is 13.2. The summed E-state index contributed by atoms with van der Waals surface area (Å²) in [4.78, 5) is 14.3. The van der Waals surface area contributed by atoms with Crippen LogP contribution in [0.25, 0.3) is 22.1 Å². The van der Waals surface area contributed by atoms with Gasteiger partial charge in [-0.2, -0.15) is 26.3 Å². The summed E-state index contributed by atoms with van der Waals surface area (Å²) in [6.07, 6.45) is -11.5. The molecule has 0 aliphatic heterocycles. The van der Waals surface area contributed by atoms with E-state index in [-0.39, 0.29) is 34.8 Å². The van der Waals surface area contributed by atoms with Crippen molar-refractivity contribution < 1.29 is 40.3 Å². The van der Waals surface area contributed by atoms with Crippen molar-refractivity contribution in [1.29, 1.82) is 0 Å². The smallest absolute Gasteiger partial charge is 0.423 e. The number of benzene rings is 2. The lowest BCUT2D eigenvalue weighted by Crippen LogP contribution is -2.53. The molecule has 4 nitrogen and oxygen atoms in total. The largest absolute Gasteiger partial charge is 0.431 e. The number of thiazole rings is 1. The van der Waals surface area contributed by atoms with Crippen LogP contribution in [0.5, 0.6) is 0 Å². The summed E-state index contributed by atoms with van der Waals surface area (Å²) < 4.78 is 96.8. The van der Waals surface area contributed by atoms with Gasteiger partial charge < -0.3 is 9.52 Å². The number of rotatable bonds is 5. The third kappa shape index (κ3) is 4.67. The Hall–Kier alpha value is -3.25. The fraction of sp³-hybridized carbons (Fsp3) is 0.217. The zero-order chi connectivity index (χ0) is 25.6. The van der Waals surface area contributed by atoms with Crippen molar-refractivity contribution >= 4 is 22.3 Å². The molecule has 0 saturated carbocycles. The Balaban J connectivity index is 1.60. The number of hydrogen-bond donors (Lipinski definition) is 1. The van der Waals surface area contributed by atoms with Crippen molar-refractivity contribution in [2.75, 3.05) is 0 Å². The van der Waals surface area contributed by atoms with Gasteiger partial charge in [-0.3, -0.25) is 0 Å². The number of alkyl halides is 6. The maximum Gasteiger partial charge on any atom is 0.431 e. The monoisotopic (exact) mass is 517 g/mol. The van der Waals surface area contributed by atoms with Gasteiger partial charge in [0.05, 0.1) is 9.88 Å². The van der Waals surface area contributed by atoms with Gasteiger partial charge in [0.25, 0.3) is 5.60 Å². The zero-order valence-corrected chi connectivity index (χ0v) is 18.2. The topological polar surface area (TPSA) is 63.3 Å². The van der Waals surface area contributed by atoms with Crippen molar-refractivity contribution in [1.82, 2.24) is 4.98 Å². The van der Waals surface area contributed by atoms with Crippen LogP contribution in [0.4, 0.5) is 30.7 Å². The molecule has 0 fully saturated rings. The van der Waals surface area contributed by atoms with Gasteiger partial charge in [0, 0.05) is 24.1 Å². The van der Waals surface area contributed by atoms with Gasteiger partial charge in [0.15, 0.2) is 0 Å². The van der Waals surface area contributed by atoms with Gasteiger partial charge in [0.1, 0.15) is 11.4 Å². The Bertz CT molecular complexity index is 1410. The molecule has 4 aromatic rings. The van der Waals surface area contributed by atoms with Crippen molar-refractivity contribution in [2.24, 2.45) is 0 Å². The minimum Gasteiger partial charge on any atom is -0.423 e. The molecule has 0 aliphatic carbocycles. The van der Waals surface area contributed by atoms with Crippen LogP contribution < -0.4 is 5.63 Å². The minimum atomic E-state index is -5.98. The lowest BCUT2D eigenvalue weighted by molar-refractivity contribution is -0.375. The van der Waals surface area contributed by atoms with Crippen molar-refractivity contribution in [3.8, 4) is 11.1 Å². The molecule has 0 amide bonds. The fourth-order valence-corrected chi connectivity index (χ4v) is 4.56. The highest BCUT2D eigenvalue weighted by Gasteiger charge is 2.72. The Morgan fingerprint density at radius 3 is 2.20 bits per heavy atom. The van der Waals surface area contributed by atoms with Crippen molar-refractivity contribution in [3.05, 3.63) is 86.4 Å². The first-order valence-corrected chi connectivity index (χ1v) is 10.7. The number of fused-ring (bicyclic) bond motifs is 1. The van der Waals surface area contributed by atoms with Gasteiger partial charge in [-0.1, -0.05) is 24.3 Å². The molecule has 0 unspecified atom stereocenters. The predicted molar refractivity (Wildman–Crippen MR) is 113 cm³/mol. The molecule has 0 atom stereocenters. The first kappa shape index (κ1) is 24.9. The molecule has 1 N–H and O–H groups in total. The van der Waals surface area contributed by atoms with Crippen LogP contribution in [0, 0.1) is 5.82 Å². The highest BCUT2D eigenvalue weighted by Crippen LogP contribution is 2.51. The van der Waals surface area contributed by atoms with Gasteiger partial charge in [-0.15, -0.1) is 11.3 Å². The van der Waals surface area contributed by atoms with E-state index in [9.17, 15) is 40.6 Å². The van der Waals surface area contributed by atoms with E-state index in [0.29, 0.717) is 28.3 Å². The zero-order valence-electron chi connectivity index (χ0n) is 17.4. The molecule has 12 heteroatoms. The summed E-state index contributed by atoms with van der Waals surface area (Å²) in [6.45, 7) is 0. The standard InChI is InChI=1S/C23H14F7NO3S/c24-14-5-3-13(4-6-14)16-10-20(32)34-17-9-12(1-7-15(16)17)2-8-19-31-11-18(35-19)21(33,22(25,26)27)23(28,29)30/h1,3-7,9-11,33H,2,8H2. The van der Waals surface area contributed by atoms with E-state index in [0.717, 1.165) is 0 Å². The Morgan fingerprint density at radius 2 is 1.57 bits per heavy atom. The van der Waals surface area contributed by atoms with Gasteiger partial charge in [-0.05, 0) is 41.3 Å². The van der Waals surface area contributed by atoms with E-state index in [1.165, 1.54) is 36.4 Å². The molecule has 0 spiro atoms. The van der Waals surface area contributed by atoms with Crippen LogP contribution in [-0.2, 0) is 18.4 Å². The van der Waals surface area contributed by atoms with E-state index in [4.69, 9.17) is 4.42 Å². The maximum atomic E-state index is 13.2. The Kier molecular flexibility index (Phi) is 6.22. The van der Waals surface area contributed by atoms with Crippen LogP contribution in [0.2, 0.25) is 0 Å². The molecular weight excluding hydrogens is 503 g/mol. The molecule has 184 valence electrons. The third-order valence-corrected chi connectivity index (χ3v) is 6.49. The quantitative estimate of drug-likeness (QED) is 0.255. The second-order valence-electron chi connectivity index (χ2n) is 7.64. The molecule has 0 saturated heterocycles. The second kappa shape index (κ2) is 8.76. The highest BCUT2D eigenvalue weighted by atomic mass is 32.1. The molecule has 0 radical (unpaired) electrons. The average Bonchev–Trinajstić information content (AvgIpc) is 3.24.